The van der Waals surface area contributed by atoms with E-state index in [-0.39, 0.29) is 12.2 Å². The number of rotatable bonds is 10. The van der Waals surface area contributed by atoms with E-state index < -0.39 is 0 Å². The van der Waals surface area contributed by atoms with Crippen molar-refractivity contribution in [1.82, 2.24) is 39.6 Å². The van der Waals surface area contributed by atoms with Crippen molar-refractivity contribution in [3.63, 3.8) is 0 Å². The molecule has 1 unspecified atom stereocenters. The molecule has 0 spiro atoms. The van der Waals surface area contributed by atoms with Gasteiger partial charge in [0.1, 0.15) is 0 Å². The molecular weight excluding hydrogens is 484 g/mol. The molecule has 0 aliphatic carbocycles. The lowest BCUT2D eigenvalue weighted by Crippen LogP contribution is -2.34. The largest absolute Gasteiger partial charge is 0.476 e. The maximum atomic E-state index is 12.5. The molecule has 0 amide bonds. The van der Waals surface area contributed by atoms with Crippen LogP contribution in [0.15, 0.2) is 29.2 Å². The van der Waals surface area contributed by atoms with E-state index in [1.807, 2.05) is 42.0 Å². The van der Waals surface area contributed by atoms with Crippen LogP contribution in [0.2, 0.25) is 0 Å². The third-order valence-electron chi connectivity index (χ3n) is 7.30. The van der Waals surface area contributed by atoms with Crippen LogP contribution in [-0.4, -0.2) is 91.1 Å². The molecule has 1 atom stereocenters. The number of aryl methyl sites for hydroxylation is 1. The highest BCUT2D eigenvalue weighted by Gasteiger charge is 2.26. The first-order valence-corrected chi connectivity index (χ1v) is 13.0. The Bertz CT molecular complexity index is 1490. The molecule has 1 aromatic carbocycles. The van der Waals surface area contributed by atoms with Crippen LogP contribution in [0.5, 0.6) is 5.88 Å². The molecule has 3 aromatic heterocycles. The standard InChI is InChI=1S/C27H36N8O3/c1-5-38-26-20(25(35(31-26)12-13-36)17-33(3)19-10-11-32(2)16-19)7-9-24-21-14-18(6-8-23(21)29-30-24)22-15-28-34(4)27(22)37/h6-9,14-15,19,28,36H,5,10-13,16-17H2,1-4H3,(H,29,30)/b9-7+. The van der Waals surface area contributed by atoms with Crippen LogP contribution in [0.3, 0.4) is 0 Å². The predicted octanol–water partition coefficient (Wildman–Crippen LogP) is 2.15. The molecule has 38 heavy (non-hydrogen) atoms. The highest BCUT2D eigenvalue weighted by Crippen LogP contribution is 2.29. The lowest BCUT2D eigenvalue weighted by molar-refractivity contribution is 0.221. The number of nitrogens with one attached hydrogen (secondary N) is 2. The third kappa shape index (κ3) is 5.04. The number of aromatic amines is 2. The molecule has 202 valence electrons. The summed E-state index contributed by atoms with van der Waals surface area (Å²) in [6.07, 6.45) is 6.82. The molecular formula is C27H36N8O3. The average molecular weight is 521 g/mol. The zero-order valence-corrected chi connectivity index (χ0v) is 22.4. The fourth-order valence-corrected chi connectivity index (χ4v) is 5.14. The van der Waals surface area contributed by atoms with E-state index >= 15 is 0 Å². The van der Waals surface area contributed by atoms with Crippen molar-refractivity contribution in [2.24, 2.45) is 7.05 Å². The Balaban J connectivity index is 1.51. The topological polar surface area (TPSA) is 120 Å². The van der Waals surface area contributed by atoms with Gasteiger partial charge in [-0.15, -0.1) is 5.10 Å². The van der Waals surface area contributed by atoms with Crippen LogP contribution >= 0.6 is 0 Å². The third-order valence-corrected chi connectivity index (χ3v) is 7.30. The first-order chi connectivity index (χ1) is 18.4. The Hall–Kier alpha value is -3.67. The van der Waals surface area contributed by atoms with Gasteiger partial charge in [0.25, 0.3) is 5.56 Å². The fraction of sp³-hybridized carbons (Fsp3) is 0.444. The van der Waals surface area contributed by atoms with Gasteiger partial charge in [-0.25, -0.2) is 0 Å². The van der Waals surface area contributed by atoms with Crippen molar-refractivity contribution in [2.75, 3.05) is 40.4 Å². The summed E-state index contributed by atoms with van der Waals surface area (Å²) in [5.41, 5.74) is 4.87. The van der Waals surface area contributed by atoms with E-state index in [1.54, 1.807) is 13.2 Å². The lowest BCUT2D eigenvalue weighted by atomic mass is 10.1. The van der Waals surface area contributed by atoms with Gasteiger partial charge in [0.2, 0.25) is 5.88 Å². The van der Waals surface area contributed by atoms with Gasteiger partial charge in [-0.2, -0.15) is 5.10 Å². The van der Waals surface area contributed by atoms with Crippen molar-refractivity contribution < 1.29 is 9.84 Å². The van der Waals surface area contributed by atoms with Crippen LogP contribution in [-0.2, 0) is 20.1 Å². The van der Waals surface area contributed by atoms with Crippen LogP contribution in [0.25, 0.3) is 34.2 Å². The van der Waals surface area contributed by atoms with Gasteiger partial charge in [-0.3, -0.25) is 24.2 Å². The summed E-state index contributed by atoms with van der Waals surface area (Å²) in [5.74, 6) is 0.546. The zero-order valence-electron chi connectivity index (χ0n) is 22.4. The molecule has 11 nitrogen and oxygen atoms in total. The molecule has 11 heteroatoms. The number of hydrogen-bond acceptors (Lipinski definition) is 7. The summed E-state index contributed by atoms with van der Waals surface area (Å²) in [5, 5.41) is 25.8. The van der Waals surface area contributed by atoms with Crippen LogP contribution in [0, 0.1) is 0 Å². The number of nitrogens with zero attached hydrogens (tertiary/aromatic N) is 6. The molecule has 0 saturated carbocycles. The highest BCUT2D eigenvalue weighted by molar-refractivity contribution is 5.92. The summed E-state index contributed by atoms with van der Waals surface area (Å²) >= 11 is 0. The summed E-state index contributed by atoms with van der Waals surface area (Å²) in [6.45, 7) is 5.61. The van der Waals surface area contributed by atoms with Crippen LogP contribution in [0.1, 0.15) is 30.3 Å². The number of fused-ring (bicyclic) bond motifs is 1. The van der Waals surface area contributed by atoms with Gasteiger partial charge in [0.15, 0.2) is 0 Å². The zero-order chi connectivity index (χ0) is 26.8. The van der Waals surface area contributed by atoms with Crippen molar-refractivity contribution in [3.05, 3.63) is 51.7 Å². The monoisotopic (exact) mass is 520 g/mol. The predicted molar refractivity (Wildman–Crippen MR) is 148 cm³/mol. The minimum absolute atomic E-state index is 0.00808. The molecule has 1 aliphatic rings. The Morgan fingerprint density at radius 1 is 1.29 bits per heavy atom. The second-order valence-electron chi connectivity index (χ2n) is 9.92. The van der Waals surface area contributed by atoms with E-state index in [4.69, 9.17) is 9.84 Å². The van der Waals surface area contributed by atoms with E-state index in [9.17, 15) is 9.90 Å². The molecule has 0 radical (unpaired) electrons. The Morgan fingerprint density at radius 3 is 2.82 bits per heavy atom. The minimum atomic E-state index is -0.0789. The first kappa shape index (κ1) is 26.0. The van der Waals surface area contributed by atoms with E-state index in [2.05, 4.69) is 39.2 Å². The minimum Gasteiger partial charge on any atom is -0.476 e. The maximum Gasteiger partial charge on any atom is 0.274 e. The number of H-pyrrole nitrogens is 2. The van der Waals surface area contributed by atoms with Crippen molar-refractivity contribution >= 4 is 23.1 Å². The summed E-state index contributed by atoms with van der Waals surface area (Å²) in [4.78, 5) is 17.2. The van der Waals surface area contributed by atoms with Gasteiger partial charge in [-0.1, -0.05) is 6.07 Å². The lowest BCUT2D eigenvalue weighted by Gasteiger charge is -2.24. The average Bonchev–Trinajstić information content (AvgIpc) is 3.67. The van der Waals surface area contributed by atoms with Crippen LogP contribution < -0.4 is 10.3 Å². The Labute approximate surface area is 221 Å². The molecule has 1 saturated heterocycles. The second kappa shape index (κ2) is 11.0. The molecule has 4 aromatic rings. The number of likely N-dealkylation sites (N-methyl/N-ethyl adjacent to an activating group) is 2. The summed E-state index contributed by atoms with van der Waals surface area (Å²) in [6, 6.07) is 6.25. The number of likely N-dealkylation sites (tertiary alicyclic amines) is 1. The molecule has 3 N–H and O–H groups in total. The van der Waals surface area contributed by atoms with Gasteiger partial charge < -0.3 is 19.8 Å². The van der Waals surface area contributed by atoms with Gasteiger partial charge in [-0.05, 0) is 63.8 Å². The molecule has 1 aliphatic heterocycles. The molecule has 5 rings (SSSR count). The number of aromatic nitrogens is 6. The van der Waals surface area contributed by atoms with Gasteiger partial charge in [0, 0.05) is 37.8 Å². The number of hydrogen-bond donors (Lipinski definition) is 3. The Kier molecular flexibility index (Phi) is 7.50. The highest BCUT2D eigenvalue weighted by atomic mass is 16.5. The number of aliphatic hydroxyl groups is 1. The first-order valence-electron chi connectivity index (χ1n) is 13.0. The molecule has 1 fully saturated rings. The summed E-state index contributed by atoms with van der Waals surface area (Å²) in [7, 11) is 5.99. The number of aliphatic hydroxyl groups excluding tert-OH is 1. The molecule has 4 heterocycles. The fourth-order valence-electron chi connectivity index (χ4n) is 5.14. The van der Waals surface area contributed by atoms with Crippen LogP contribution in [0.4, 0.5) is 0 Å². The quantitative estimate of drug-likeness (QED) is 0.293. The molecule has 0 bridgehead atoms. The van der Waals surface area contributed by atoms with E-state index in [1.165, 1.54) is 4.68 Å². The Morgan fingerprint density at radius 2 is 2.13 bits per heavy atom. The van der Waals surface area contributed by atoms with Crippen molar-refractivity contribution in [2.45, 2.75) is 32.5 Å². The smallest absolute Gasteiger partial charge is 0.274 e. The van der Waals surface area contributed by atoms with Crippen molar-refractivity contribution in [1.29, 1.82) is 0 Å². The second-order valence-corrected chi connectivity index (χ2v) is 9.92. The van der Waals surface area contributed by atoms with Crippen molar-refractivity contribution in [3.8, 4) is 17.0 Å². The number of benzene rings is 1. The SMILES string of the molecule is CCOc1nn(CCO)c(CN(C)C2CCN(C)C2)c1/C=C/c1[nH]nc2ccc(-c3c[nH]n(C)c3=O)cc12. The summed E-state index contributed by atoms with van der Waals surface area (Å²) < 4.78 is 9.23. The normalized spacial score (nSPS) is 16.5. The maximum absolute atomic E-state index is 12.5. The van der Waals surface area contributed by atoms with E-state index in [0.29, 0.717) is 37.2 Å². The van der Waals surface area contributed by atoms with E-state index in [0.717, 1.165) is 52.9 Å². The van der Waals surface area contributed by atoms with Gasteiger partial charge in [0.05, 0.1) is 47.8 Å². The van der Waals surface area contributed by atoms with Gasteiger partial charge >= 0.3 is 0 Å². The number of ether oxygens (including phenoxy) is 1.